The van der Waals surface area contributed by atoms with Crippen LogP contribution in [0.5, 0.6) is 0 Å². The molecule has 4 nitrogen and oxygen atoms in total. The summed E-state index contributed by atoms with van der Waals surface area (Å²) in [7, 11) is 0. The minimum atomic E-state index is -0.379. The number of hydrogen-bond donors (Lipinski definition) is 2. The van der Waals surface area contributed by atoms with E-state index in [9.17, 15) is 5.11 Å². The molecule has 0 aromatic rings. The molecule has 0 aliphatic heterocycles. The van der Waals surface area contributed by atoms with Gasteiger partial charge >= 0.3 is 0 Å². The van der Waals surface area contributed by atoms with E-state index in [0.717, 1.165) is 19.4 Å². The molecule has 0 bridgehead atoms. The van der Waals surface area contributed by atoms with E-state index < -0.39 is 0 Å². The highest BCUT2D eigenvalue weighted by atomic mass is 16.3. The fraction of sp³-hybridized carbons (Fsp3) is 0.909. The zero-order valence-electron chi connectivity index (χ0n) is 10.2. The summed E-state index contributed by atoms with van der Waals surface area (Å²) in [4.78, 5) is 2.31. The number of nitrogens with zero attached hydrogens (tertiary/aromatic N) is 2. The maximum atomic E-state index is 9.73. The van der Waals surface area contributed by atoms with Gasteiger partial charge in [-0.05, 0) is 26.3 Å². The molecule has 0 amide bonds. The first-order valence-electron chi connectivity index (χ1n) is 5.76. The van der Waals surface area contributed by atoms with Crippen LogP contribution in [0.1, 0.15) is 33.6 Å². The Hall–Kier alpha value is -0.610. The largest absolute Gasteiger partial charge is 0.390 e. The van der Waals surface area contributed by atoms with Gasteiger partial charge in [0.05, 0.1) is 12.6 Å². The van der Waals surface area contributed by atoms with Crippen LogP contribution < -0.4 is 5.43 Å². The molecule has 0 saturated carbocycles. The molecule has 0 aromatic carbocycles. The van der Waals surface area contributed by atoms with Crippen LogP contribution in [-0.4, -0.2) is 48.5 Å². The first-order valence-corrected chi connectivity index (χ1v) is 5.76. The van der Waals surface area contributed by atoms with Crippen molar-refractivity contribution in [2.45, 2.75) is 45.8 Å². The zero-order chi connectivity index (χ0) is 11.7. The molecule has 1 unspecified atom stereocenters. The maximum absolute atomic E-state index is 9.73. The van der Waals surface area contributed by atoms with Crippen LogP contribution in [0.15, 0.2) is 5.10 Å². The van der Waals surface area contributed by atoms with E-state index in [4.69, 9.17) is 0 Å². The van der Waals surface area contributed by atoms with Crippen molar-refractivity contribution in [3.63, 3.8) is 0 Å². The average Bonchev–Trinajstić information content (AvgIpc) is 2.24. The van der Waals surface area contributed by atoms with Gasteiger partial charge in [-0.2, -0.15) is 5.10 Å². The van der Waals surface area contributed by atoms with Crippen LogP contribution in [0.2, 0.25) is 0 Å². The number of aliphatic hydroxyl groups excluding tert-OH is 1. The van der Waals surface area contributed by atoms with Crippen molar-refractivity contribution < 1.29 is 5.11 Å². The highest BCUT2D eigenvalue weighted by Crippen LogP contribution is 2.05. The Labute approximate surface area is 93.4 Å². The lowest BCUT2D eigenvalue weighted by Crippen LogP contribution is -2.42. The van der Waals surface area contributed by atoms with Crippen molar-refractivity contribution in [2.24, 2.45) is 5.10 Å². The van der Waals surface area contributed by atoms with E-state index >= 15 is 0 Å². The predicted molar refractivity (Wildman–Crippen MR) is 65.2 cm³/mol. The van der Waals surface area contributed by atoms with Crippen LogP contribution in [0, 0.1) is 0 Å². The zero-order valence-corrected chi connectivity index (χ0v) is 10.2. The molecule has 2 N–H and O–H groups in total. The second-order valence-electron chi connectivity index (χ2n) is 3.93. The molecule has 0 fully saturated rings. The molecule has 0 aliphatic rings. The summed E-state index contributed by atoms with van der Waals surface area (Å²) in [6, 6.07) is 0.524. The molecule has 0 spiro atoms. The molecule has 15 heavy (non-hydrogen) atoms. The van der Waals surface area contributed by atoms with Crippen molar-refractivity contribution >= 4 is 6.72 Å². The van der Waals surface area contributed by atoms with Gasteiger partial charge in [-0.15, -0.1) is 0 Å². The van der Waals surface area contributed by atoms with E-state index in [2.05, 4.69) is 42.9 Å². The van der Waals surface area contributed by atoms with Crippen molar-refractivity contribution in [3.8, 4) is 0 Å². The van der Waals surface area contributed by atoms with Crippen molar-refractivity contribution in [1.82, 2.24) is 10.3 Å². The molecule has 0 aliphatic carbocycles. The molecule has 0 aromatic heterocycles. The van der Waals surface area contributed by atoms with E-state index in [1.54, 1.807) is 0 Å². The van der Waals surface area contributed by atoms with E-state index in [-0.39, 0.29) is 6.10 Å². The molecule has 0 radical (unpaired) electrons. The summed E-state index contributed by atoms with van der Waals surface area (Å²) in [5.74, 6) is 0. The minimum Gasteiger partial charge on any atom is -0.390 e. The summed E-state index contributed by atoms with van der Waals surface area (Å²) < 4.78 is 0. The minimum absolute atomic E-state index is 0.379. The van der Waals surface area contributed by atoms with Crippen molar-refractivity contribution in [3.05, 3.63) is 0 Å². The summed E-state index contributed by atoms with van der Waals surface area (Å²) in [6.07, 6.45) is 1.85. The lowest BCUT2D eigenvalue weighted by Gasteiger charge is -2.29. The SMILES string of the molecule is C=NNC[C@H](O)CN(CCC)C(C)CC. The Kier molecular flexibility index (Phi) is 8.33. The predicted octanol–water partition coefficient (Wildman–Crippen LogP) is 1.06. The lowest BCUT2D eigenvalue weighted by atomic mass is 10.2. The lowest BCUT2D eigenvalue weighted by molar-refractivity contribution is 0.0894. The van der Waals surface area contributed by atoms with Gasteiger partial charge in [0.2, 0.25) is 0 Å². The topological polar surface area (TPSA) is 47.9 Å². The average molecular weight is 215 g/mol. The Morgan fingerprint density at radius 2 is 2.13 bits per heavy atom. The van der Waals surface area contributed by atoms with Crippen LogP contribution in [-0.2, 0) is 0 Å². The second-order valence-corrected chi connectivity index (χ2v) is 3.93. The van der Waals surface area contributed by atoms with Gasteiger partial charge in [-0.3, -0.25) is 4.90 Å². The first-order chi connectivity index (χ1) is 7.15. The highest BCUT2D eigenvalue weighted by molar-refractivity contribution is 5.22. The molecule has 0 saturated heterocycles. The van der Waals surface area contributed by atoms with Gasteiger partial charge in [-0.1, -0.05) is 13.8 Å². The number of hydrazone groups is 1. The molecular formula is C11H25N3O. The monoisotopic (exact) mass is 215 g/mol. The highest BCUT2D eigenvalue weighted by Gasteiger charge is 2.15. The molecular weight excluding hydrogens is 190 g/mol. The Balaban J connectivity index is 3.96. The molecule has 90 valence electrons. The van der Waals surface area contributed by atoms with Crippen LogP contribution >= 0.6 is 0 Å². The van der Waals surface area contributed by atoms with Gasteiger partial charge in [0.15, 0.2) is 0 Å². The van der Waals surface area contributed by atoms with Crippen LogP contribution in [0.3, 0.4) is 0 Å². The number of hydrogen-bond acceptors (Lipinski definition) is 4. The standard InChI is InChI=1S/C11H25N3O/c1-5-7-14(10(3)6-2)9-11(15)8-13-12-4/h10-11,13,15H,4-9H2,1-3H3/t10?,11-/m0/s1. The summed E-state index contributed by atoms with van der Waals surface area (Å²) in [6.45, 7) is 12.0. The van der Waals surface area contributed by atoms with Crippen LogP contribution in [0.4, 0.5) is 0 Å². The number of nitrogens with one attached hydrogen (secondary N) is 1. The summed E-state index contributed by atoms with van der Waals surface area (Å²) in [5.41, 5.74) is 2.69. The van der Waals surface area contributed by atoms with E-state index in [1.165, 1.54) is 0 Å². The van der Waals surface area contributed by atoms with Gasteiger partial charge in [0.1, 0.15) is 0 Å². The third-order valence-electron chi connectivity index (χ3n) is 2.61. The number of aliphatic hydroxyl groups is 1. The van der Waals surface area contributed by atoms with Gasteiger partial charge in [0.25, 0.3) is 0 Å². The third-order valence-corrected chi connectivity index (χ3v) is 2.61. The fourth-order valence-electron chi connectivity index (χ4n) is 1.54. The Bertz CT molecular complexity index is 164. The van der Waals surface area contributed by atoms with Gasteiger partial charge in [0, 0.05) is 19.3 Å². The maximum Gasteiger partial charge on any atom is 0.0856 e. The Morgan fingerprint density at radius 1 is 1.47 bits per heavy atom. The van der Waals surface area contributed by atoms with E-state index in [0.29, 0.717) is 19.1 Å². The third kappa shape index (κ3) is 6.47. The first kappa shape index (κ1) is 14.4. The van der Waals surface area contributed by atoms with E-state index in [1.807, 2.05) is 0 Å². The number of rotatable bonds is 9. The second kappa shape index (κ2) is 8.68. The summed E-state index contributed by atoms with van der Waals surface area (Å²) >= 11 is 0. The molecule has 0 rings (SSSR count). The Morgan fingerprint density at radius 3 is 2.60 bits per heavy atom. The smallest absolute Gasteiger partial charge is 0.0856 e. The molecule has 0 heterocycles. The quantitative estimate of drug-likeness (QED) is 0.447. The molecule has 4 heteroatoms. The van der Waals surface area contributed by atoms with Crippen LogP contribution in [0.25, 0.3) is 0 Å². The van der Waals surface area contributed by atoms with Crippen molar-refractivity contribution in [2.75, 3.05) is 19.6 Å². The van der Waals surface area contributed by atoms with Gasteiger partial charge in [-0.25, -0.2) is 0 Å². The fourth-order valence-corrected chi connectivity index (χ4v) is 1.54. The normalized spacial score (nSPS) is 15.0. The van der Waals surface area contributed by atoms with Crippen molar-refractivity contribution in [1.29, 1.82) is 0 Å². The van der Waals surface area contributed by atoms with Gasteiger partial charge < -0.3 is 10.5 Å². The summed E-state index contributed by atoms with van der Waals surface area (Å²) in [5, 5.41) is 13.2. The molecule has 2 atom stereocenters.